The molecule has 0 amide bonds. The van der Waals surface area contributed by atoms with Crippen LogP contribution in [0.5, 0.6) is 11.5 Å². The summed E-state index contributed by atoms with van der Waals surface area (Å²) in [7, 11) is -1.18. The zero-order valence-electron chi connectivity index (χ0n) is 17.1. The fourth-order valence-electron chi connectivity index (χ4n) is 3.29. The van der Waals surface area contributed by atoms with Crippen LogP contribution in [0.2, 0.25) is 5.02 Å². The molecule has 2 aromatic carbocycles. The molecule has 1 N–H and O–H groups in total. The third kappa shape index (κ3) is 4.04. The summed E-state index contributed by atoms with van der Waals surface area (Å²) in [5, 5.41) is 0.252. The minimum atomic E-state index is -3.97. The van der Waals surface area contributed by atoms with Gasteiger partial charge in [-0.25, -0.2) is 13.4 Å². The molecule has 0 atom stereocenters. The van der Waals surface area contributed by atoms with Crippen LogP contribution < -0.4 is 14.2 Å². The van der Waals surface area contributed by atoms with Crippen molar-refractivity contribution in [3.8, 4) is 22.8 Å². The normalized spacial score (nSPS) is 11.5. The SMILES string of the molecule is COc1cc(S(=O)(=O)Nc2cccc(-c3cn4cccc(C)c4n3)c2)c(OC)cc1Cl. The number of imidazole rings is 1. The lowest BCUT2D eigenvalue weighted by atomic mass is 10.1. The lowest BCUT2D eigenvalue weighted by Crippen LogP contribution is -2.14. The third-order valence-electron chi connectivity index (χ3n) is 4.82. The van der Waals surface area contributed by atoms with Gasteiger partial charge < -0.3 is 13.9 Å². The number of halogens is 1. The van der Waals surface area contributed by atoms with E-state index >= 15 is 0 Å². The van der Waals surface area contributed by atoms with Crippen LogP contribution in [-0.2, 0) is 10.0 Å². The van der Waals surface area contributed by atoms with Gasteiger partial charge >= 0.3 is 0 Å². The smallest absolute Gasteiger partial charge is 0.265 e. The number of rotatable bonds is 6. The van der Waals surface area contributed by atoms with Crippen molar-refractivity contribution in [3.63, 3.8) is 0 Å². The number of aryl methyl sites for hydroxylation is 1. The van der Waals surface area contributed by atoms with E-state index in [9.17, 15) is 8.42 Å². The van der Waals surface area contributed by atoms with E-state index in [-0.39, 0.29) is 21.4 Å². The predicted octanol–water partition coefficient (Wildman–Crippen LogP) is 4.78. The molecule has 4 aromatic rings. The first-order chi connectivity index (χ1) is 14.8. The summed E-state index contributed by atoms with van der Waals surface area (Å²) in [6.45, 7) is 1.99. The summed E-state index contributed by atoms with van der Waals surface area (Å²) in [5.41, 5.74) is 3.81. The number of nitrogens with one attached hydrogen (secondary N) is 1. The van der Waals surface area contributed by atoms with Crippen LogP contribution in [0.1, 0.15) is 5.56 Å². The van der Waals surface area contributed by atoms with Crippen LogP contribution in [0.3, 0.4) is 0 Å². The molecule has 160 valence electrons. The van der Waals surface area contributed by atoms with Crippen LogP contribution in [0, 0.1) is 6.92 Å². The average Bonchev–Trinajstić information content (AvgIpc) is 3.19. The highest BCUT2D eigenvalue weighted by Gasteiger charge is 2.23. The van der Waals surface area contributed by atoms with E-state index in [0.29, 0.717) is 5.69 Å². The maximum atomic E-state index is 13.1. The topological polar surface area (TPSA) is 81.9 Å². The van der Waals surface area contributed by atoms with Crippen LogP contribution in [-0.4, -0.2) is 32.0 Å². The Morgan fingerprint density at radius 2 is 1.81 bits per heavy atom. The number of anilines is 1. The van der Waals surface area contributed by atoms with Gasteiger partial charge in [0.15, 0.2) is 0 Å². The van der Waals surface area contributed by atoms with Crippen LogP contribution >= 0.6 is 11.6 Å². The fraction of sp³-hybridized carbons (Fsp3) is 0.136. The molecule has 0 aliphatic carbocycles. The van der Waals surface area contributed by atoms with Crippen molar-refractivity contribution < 1.29 is 17.9 Å². The molecule has 2 heterocycles. The quantitative estimate of drug-likeness (QED) is 0.450. The molecule has 0 saturated heterocycles. The number of aromatic nitrogens is 2. The molecular formula is C22H20ClN3O4S. The summed E-state index contributed by atoms with van der Waals surface area (Å²) in [4.78, 5) is 4.59. The van der Waals surface area contributed by atoms with Gasteiger partial charge in [-0.05, 0) is 30.7 Å². The number of ether oxygens (including phenoxy) is 2. The Morgan fingerprint density at radius 3 is 2.52 bits per heavy atom. The highest BCUT2D eigenvalue weighted by atomic mass is 35.5. The summed E-state index contributed by atoms with van der Waals surface area (Å²) < 4.78 is 41.1. The van der Waals surface area contributed by atoms with Crippen molar-refractivity contribution in [2.75, 3.05) is 18.9 Å². The van der Waals surface area contributed by atoms with Gasteiger partial charge in [0.1, 0.15) is 22.0 Å². The fourth-order valence-corrected chi connectivity index (χ4v) is 4.73. The minimum Gasteiger partial charge on any atom is -0.495 e. The van der Waals surface area contributed by atoms with Gasteiger partial charge in [-0.15, -0.1) is 0 Å². The predicted molar refractivity (Wildman–Crippen MR) is 121 cm³/mol. The molecule has 0 spiro atoms. The van der Waals surface area contributed by atoms with Gasteiger partial charge in [0.2, 0.25) is 0 Å². The standard InChI is InChI=1S/C22H20ClN3O4S/c1-14-6-5-9-26-13-18(24-22(14)26)15-7-4-8-16(10-15)25-31(27,28)21-12-19(29-2)17(23)11-20(21)30-3/h4-13,25H,1-3H3. The Morgan fingerprint density at radius 1 is 1.03 bits per heavy atom. The van der Waals surface area contributed by atoms with E-state index in [0.717, 1.165) is 22.5 Å². The average molecular weight is 458 g/mol. The molecule has 0 saturated carbocycles. The van der Waals surface area contributed by atoms with Crippen molar-refractivity contribution >= 4 is 33.0 Å². The van der Waals surface area contributed by atoms with E-state index in [4.69, 9.17) is 21.1 Å². The number of pyridine rings is 1. The second-order valence-electron chi connectivity index (χ2n) is 6.87. The van der Waals surface area contributed by atoms with Crippen molar-refractivity contribution in [2.45, 2.75) is 11.8 Å². The minimum absolute atomic E-state index is 0.0787. The monoisotopic (exact) mass is 457 g/mol. The van der Waals surface area contributed by atoms with E-state index in [1.807, 2.05) is 41.9 Å². The summed E-state index contributed by atoms with van der Waals surface area (Å²) in [5.74, 6) is 0.349. The van der Waals surface area contributed by atoms with Crippen molar-refractivity contribution in [2.24, 2.45) is 0 Å². The molecule has 31 heavy (non-hydrogen) atoms. The molecule has 0 aliphatic rings. The first kappa shape index (κ1) is 21.0. The number of sulfonamides is 1. The maximum absolute atomic E-state index is 13.1. The van der Waals surface area contributed by atoms with Gasteiger partial charge in [-0.2, -0.15) is 0 Å². The first-order valence-corrected chi connectivity index (χ1v) is 11.2. The number of benzene rings is 2. The third-order valence-corrected chi connectivity index (χ3v) is 6.51. The zero-order valence-corrected chi connectivity index (χ0v) is 18.7. The van der Waals surface area contributed by atoms with E-state index in [1.165, 1.54) is 26.4 Å². The molecule has 7 nitrogen and oxygen atoms in total. The van der Waals surface area contributed by atoms with Gasteiger partial charge in [0.25, 0.3) is 10.0 Å². The molecule has 2 aromatic heterocycles. The molecule has 0 bridgehead atoms. The van der Waals surface area contributed by atoms with Gasteiger partial charge in [0.05, 0.1) is 24.9 Å². The first-order valence-electron chi connectivity index (χ1n) is 9.31. The lowest BCUT2D eigenvalue weighted by Gasteiger charge is -2.14. The van der Waals surface area contributed by atoms with E-state index in [2.05, 4.69) is 9.71 Å². The summed E-state index contributed by atoms with van der Waals surface area (Å²) >= 11 is 6.09. The number of hydrogen-bond acceptors (Lipinski definition) is 5. The lowest BCUT2D eigenvalue weighted by molar-refractivity contribution is 0.392. The molecule has 0 unspecified atom stereocenters. The molecule has 0 radical (unpaired) electrons. The van der Waals surface area contributed by atoms with Crippen molar-refractivity contribution in [3.05, 3.63) is 71.5 Å². The maximum Gasteiger partial charge on any atom is 0.265 e. The van der Waals surface area contributed by atoms with Crippen LogP contribution in [0.15, 0.2) is 65.8 Å². The number of nitrogens with zero attached hydrogens (tertiary/aromatic N) is 2. The largest absolute Gasteiger partial charge is 0.495 e. The Kier molecular flexibility index (Phi) is 5.51. The van der Waals surface area contributed by atoms with E-state index < -0.39 is 10.0 Å². The van der Waals surface area contributed by atoms with Gasteiger partial charge in [0, 0.05) is 35.8 Å². The van der Waals surface area contributed by atoms with Gasteiger partial charge in [-0.1, -0.05) is 29.8 Å². The number of hydrogen-bond donors (Lipinski definition) is 1. The summed E-state index contributed by atoms with van der Waals surface area (Å²) in [6.07, 6.45) is 3.83. The summed E-state index contributed by atoms with van der Waals surface area (Å²) in [6, 6.07) is 13.7. The second kappa shape index (κ2) is 8.13. The Hall–Kier alpha value is -3.23. The zero-order chi connectivity index (χ0) is 22.2. The Bertz CT molecular complexity index is 1380. The molecule has 0 aliphatic heterocycles. The van der Waals surface area contributed by atoms with Crippen LogP contribution in [0.25, 0.3) is 16.9 Å². The molecule has 9 heteroatoms. The number of methoxy groups -OCH3 is 2. The highest BCUT2D eigenvalue weighted by Crippen LogP contribution is 2.36. The van der Waals surface area contributed by atoms with Crippen LogP contribution in [0.4, 0.5) is 5.69 Å². The van der Waals surface area contributed by atoms with Crippen molar-refractivity contribution in [1.29, 1.82) is 0 Å². The molecule has 4 rings (SSSR count). The van der Waals surface area contributed by atoms with E-state index in [1.54, 1.807) is 18.2 Å². The number of fused-ring (bicyclic) bond motifs is 1. The van der Waals surface area contributed by atoms with Gasteiger partial charge in [-0.3, -0.25) is 4.72 Å². The highest BCUT2D eigenvalue weighted by molar-refractivity contribution is 7.92. The Labute approximate surface area is 185 Å². The van der Waals surface area contributed by atoms with Crippen molar-refractivity contribution in [1.82, 2.24) is 9.38 Å². The molecular weight excluding hydrogens is 438 g/mol. The molecule has 0 fully saturated rings. The Balaban J connectivity index is 1.71. The second-order valence-corrected chi connectivity index (χ2v) is 8.93.